The summed E-state index contributed by atoms with van der Waals surface area (Å²) in [5, 5.41) is 18.1. The van der Waals surface area contributed by atoms with Crippen LogP contribution in [0, 0.1) is 0 Å². The van der Waals surface area contributed by atoms with Gasteiger partial charge in [0.05, 0.1) is 5.56 Å². The fourth-order valence-corrected chi connectivity index (χ4v) is 4.68. The van der Waals surface area contributed by atoms with Gasteiger partial charge in [-0.3, -0.25) is 4.79 Å². The molecule has 0 bridgehead atoms. The van der Waals surface area contributed by atoms with Crippen LogP contribution in [0.1, 0.15) is 21.5 Å². The van der Waals surface area contributed by atoms with E-state index in [0.717, 1.165) is 6.07 Å². The van der Waals surface area contributed by atoms with Gasteiger partial charge in [0.2, 0.25) is 5.78 Å². The SMILES string of the molecule is O=C1c2ccccc2-c2ccccc2C1(c1cc(O)ccc1O)[P+](=O)[O-]. The van der Waals surface area contributed by atoms with Crippen molar-refractivity contribution in [2.45, 2.75) is 5.16 Å². The Morgan fingerprint density at radius 2 is 1.42 bits per heavy atom. The average Bonchev–Trinajstić information content (AvgIpc) is 2.65. The minimum atomic E-state index is -3.38. The molecular formula is C20H13O5P. The first kappa shape index (κ1) is 16.5. The van der Waals surface area contributed by atoms with Gasteiger partial charge in [-0.15, -0.1) is 0 Å². The Bertz CT molecular complexity index is 1080. The number of fused-ring (bicyclic) bond motifs is 3. The summed E-state index contributed by atoms with van der Waals surface area (Å²) >= 11 is 0. The highest BCUT2D eigenvalue weighted by molar-refractivity contribution is 7.40. The van der Waals surface area contributed by atoms with Crippen LogP contribution in [0.2, 0.25) is 0 Å². The van der Waals surface area contributed by atoms with Crippen LogP contribution in [0.3, 0.4) is 0 Å². The molecule has 0 amide bonds. The number of phenols is 2. The second kappa shape index (κ2) is 5.77. The summed E-state index contributed by atoms with van der Waals surface area (Å²) in [7, 11) is -3.38. The highest BCUT2D eigenvalue weighted by atomic mass is 31.1. The lowest BCUT2D eigenvalue weighted by Gasteiger charge is -2.32. The molecule has 0 aromatic heterocycles. The smallest absolute Gasteiger partial charge is 0.333 e. The van der Waals surface area contributed by atoms with Crippen LogP contribution in [0.15, 0.2) is 66.7 Å². The summed E-state index contributed by atoms with van der Waals surface area (Å²) in [5.41, 5.74) is 1.61. The molecular weight excluding hydrogens is 351 g/mol. The summed E-state index contributed by atoms with van der Waals surface area (Å²) < 4.78 is 12.5. The molecule has 26 heavy (non-hydrogen) atoms. The van der Waals surface area contributed by atoms with E-state index in [1.54, 1.807) is 48.5 Å². The zero-order valence-corrected chi connectivity index (χ0v) is 14.3. The third-order valence-electron chi connectivity index (χ3n) is 4.75. The van der Waals surface area contributed by atoms with Crippen LogP contribution in [-0.4, -0.2) is 16.0 Å². The fourth-order valence-electron chi connectivity index (χ4n) is 3.63. The molecule has 0 aliphatic heterocycles. The Labute approximate surface area is 150 Å². The molecule has 0 radical (unpaired) electrons. The number of carbonyl (C=O) groups excluding carboxylic acids is 1. The van der Waals surface area contributed by atoms with E-state index in [2.05, 4.69) is 0 Å². The second-order valence-corrected chi connectivity index (χ2v) is 7.27. The number of carbonyl (C=O) groups is 1. The van der Waals surface area contributed by atoms with Gasteiger partial charge in [0.1, 0.15) is 11.5 Å². The van der Waals surface area contributed by atoms with Crippen LogP contribution in [-0.2, 0) is 9.72 Å². The molecule has 0 saturated heterocycles. The molecule has 2 N–H and O–H groups in total. The summed E-state index contributed by atoms with van der Waals surface area (Å²) in [5.74, 6) is -1.26. The van der Waals surface area contributed by atoms with E-state index in [1.165, 1.54) is 12.1 Å². The molecule has 3 aromatic carbocycles. The standard InChI is InChI=1S/C20H13O5P/c21-12-9-10-18(22)17(11-12)20(26(24)25)16-8-4-3-6-14(16)13-5-1-2-7-15(13)19(20)23/h1-11,21-22H. The molecule has 128 valence electrons. The highest BCUT2D eigenvalue weighted by Gasteiger charge is 2.59. The number of hydrogen-bond donors (Lipinski definition) is 2. The number of phenolic OH excluding ortho intramolecular Hbond substituents is 2. The maximum Gasteiger partial charge on any atom is 0.333 e. The van der Waals surface area contributed by atoms with E-state index in [1.807, 2.05) is 0 Å². The van der Waals surface area contributed by atoms with E-state index in [0.29, 0.717) is 11.1 Å². The molecule has 0 fully saturated rings. The molecule has 2 unspecified atom stereocenters. The number of hydrogen-bond acceptors (Lipinski definition) is 5. The van der Waals surface area contributed by atoms with Crippen LogP contribution < -0.4 is 4.89 Å². The minimum absolute atomic E-state index is 0.152. The normalized spacial score (nSPS) is 18.8. The Morgan fingerprint density at radius 3 is 2.12 bits per heavy atom. The van der Waals surface area contributed by atoms with Gasteiger partial charge in [-0.2, -0.15) is 0 Å². The monoisotopic (exact) mass is 364 g/mol. The lowest BCUT2D eigenvalue weighted by atomic mass is 9.73. The van der Waals surface area contributed by atoms with E-state index in [9.17, 15) is 24.5 Å². The molecule has 2 atom stereocenters. The predicted molar refractivity (Wildman–Crippen MR) is 94.4 cm³/mol. The van der Waals surface area contributed by atoms with Crippen LogP contribution in [0.5, 0.6) is 11.5 Å². The first-order chi connectivity index (χ1) is 12.5. The van der Waals surface area contributed by atoms with Crippen molar-refractivity contribution in [3.8, 4) is 22.6 Å². The molecule has 0 spiro atoms. The predicted octanol–water partition coefficient (Wildman–Crippen LogP) is 3.31. The fraction of sp³-hybridized carbons (Fsp3) is 0.0500. The van der Waals surface area contributed by atoms with Crippen molar-refractivity contribution in [3.05, 3.63) is 83.4 Å². The third-order valence-corrected chi connectivity index (χ3v) is 5.98. The van der Waals surface area contributed by atoms with Crippen molar-refractivity contribution in [1.29, 1.82) is 0 Å². The number of rotatable bonds is 2. The molecule has 3 aromatic rings. The minimum Gasteiger partial charge on any atom is -0.594 e. The van der Waals surface area contributed by atoms with Crippen molar-refractivity contribution in [2.24, 2.45) is 0 Å². The maximum atomic E-state index is 13.4. The largest absolute Gasteiger partial charge is 0.594 e. The van der Waals surface area contributed by atoms with E-state index in [4.69, 9.17) is 0 Å². The zero-order valence-electron chi connectivity index (χ0n) is 13.4. The lowest BCUT2D eigenvalue weighted by molar-refractivity contribution is -0.167. The topological polar surface area (TPSA) is 97.7 Å². The third kappa shape index (κ3) is 2.05. The van der Waals surface area contributed by atoms with E-state index >= 15 is 0 Å². The first-order valence-corrected chi connectivity index (χ1v) is 9.06. The first-order valence-electron chi connectivity index (χ1n) is 7.88. The van der Waals surface area contributed by atoms with Gasteiger partial charge in [0.25, 0.3) is 5.16 Å². The molecule has 1 aliphatic carbocycles. The van der Waals surface area contributed by atoms with Gasteiger partial charge in [-0.05, 0) is 29.3 Å². The average molecular weight is 364 g/mol. The number of ketones is 1. The molecule has 1 aliphatic rings. The van der Waals surface area contributed by atoms with Crippen LogP contribution in [0.4, 0.5) is 0 Å². The Balaban J connectivity index is 2.19. The highest BCUT2D eigenvalue weighted by Crippen LogP contribution is 2.58. The Morgan fingerprint density at radius 1 is 0.808 bits per heavy atom. The van der Waals surface area contributed by atoms with Gasteiger partial charge in [0.15, 0.2) is 0 Å². The summed E-state index contributed by atoms with van der Waals surface area (Å²) in [6.07, 6.45) is 0. The molecule has 5 nitrogen and oxygen atoms in total. The van der Waals surface area contributed by atoms with Crippen LogP contribution in [0.25, 0.3) is 11.1 Å². The quantitative estimate of drug-likeness (QED) is 0.537. The van der Waals surface area contributed by atoms with Crippen LogP contribution >= 0.6 is 8.03 Å². The van der Waals surface area contributed by atoms with E-state index < -0.39 is 19.0 Å². The van der Waals surface area contributed by atoms with Gasteiger partial charge >= 0.3 is 8.03 Å². The Kier molecular flexibility index (Phi) is 3.65. The Hall–Kier alpha value is -3.01. The summed E-state index contributed by atoms with van der Waals surface area (Å²) in [6, 6.07) is 17.0. The van der Waals surface area contributed by atoms with Gasteiger partial charge in [0, 0.05) is 11.1 Å². The molecule has 0 heterocycles. The molecule has 0 saturated carbocycles. The van der Waals surface area contributed by atoms with Gasteiger partial charge in [-0.1, -0.05) is 53.1 Å². The summed E-state index contributed by atoms with van der Waals surface area (Å²) in [4.78, 5) is 26.0. The van der Waals surface area contributed by atoms with Crippen molar-refractivity contribution in [1.82, 2.24) is 0 Å². The maximum absolute atomic E-state index is 13.4. The van der Waals surface area contributed by atoms with E-state index in [-0.39, 0.29) is 28.2 Å². The van der Waals surface area contributed by atoms with Gasteiger partial charge in [-0.25, -0.2) is 0 Å². The number of benzene rings is 3. The second-order valence-electron chi connectivity index (χ2n) is 6.09. The number of Topliss-reactive ketones (excluding diaryl/α,β-unsaturated/α-hetero) is 1. The van der Waals surface area contributed by atoms with Crippen molar-refractivity contribution >= 4 is 13.8 Å². The van der Waals surface area contributed by atoms with Crippen molar-refractivity contribution < 1.29 is 24.5 Å². The zero-order chi connectivity index (χ0) is 18.5. The summed E-state index contributed by atoms with van der Waals surface area (Å²) in [6.45, 7) is 0. The molecule has 6 heteroatoms. The van der Waals surface area contributed by atoms with Crippen molar-refractivity contribution in [2.75, 3.05) is 0 Å². The number of aromatic hydroxyl groups is 2. The lowest BCUT2D eigenvalue weighted by Crippen LogP contribution is -2.39. The van der Waals surface area contributed by atoms with Gasteiger partial charge < -0.3 is 15.1 Å². The van der Waals surface area contributed by atoms with Crippen molar-refractivity contribution in [3.63, 3.8) is 0 Å². The molecule has 4 rings (SSSR count).